The molecule has 2 fully saturated rings. The van der Waals surface area contributed by atoms with Crippen LogP contribution in [0.5, 0.6) is 0 Å². The maximum absolute atomic E-state index is 12.4. The number of hydrogen-bond donors (Lipinski definition) is 1. The van der Waals surface area contributed by atoms with E-state index in [1.807, 2.05) is 0 Å². The van der Waals surface area contributed by atoms with Crippen molar-refractivity contribution in [2.24, 2.45) is 5.92 Å². The fraction of sp³-hybridized carbons (Fsp3) is 0.857. The lowest BCUT2D eigenvalue weighted by Gasteiger charge is -2.38. The lowest BCUT2D eigenvalue weighted by molar-refractivity contribution is -0.141. The summed E-state index contributed by atoms with van der Waals surface area (Å²) in [6.07, 6.45) is 1.37. The lowest BCUT2D eigenvalue weighted by Crippen LogP contribution is -2.55. The van der Waals surface area contributed by atoms with Gasteiger partial charge >= 0.3 is 12.0 Å². The summed E-state index contributed by atoms with van der Waals surface area (Å²) in [4.78, 5) is 29.3. The zero-order valence-electron chi connectivity index (χ0n) is 12.4. The van der Waals surface area contributed by atoms with Gasteiger partial charge in [-0.25, -0.2) is 9.59 Å². The Bertz CT molecular complexity index is 365. The van der Waals surface area contributed by atoms with Crippen LogP contribution in [-0.2, 0) is 4.79 Å². The van der Waals surface area contributed by atoms with Gasteiger partial charge in [-0.3, -0.25) is 4.90 Å². The fourth-order valence-electron chi connectivity index (χ4n) is 3.07. The Kier molecular flexibility index (Phi) is 4.86. The molecule has 0 bridgehead atoms. The molecule has 2 aliphatic rings. The first-order chi connectivity index (χ1) is 9.49. The first-order valence-corrected chi connectivity index (χ1v) is 7.49. The summed E-state index contributed by atoms with van der Waals surface area (Å²) >= 11 is 0. The van der Waals surface area contributed by atoms with Crippen LogP contribution in [0.4, 0.5) is 4.79 Å². The molecule has 0 aliphatic carbocycles. The number of hydrogen-bond acceptors (Lipinski definition) is 3. The van der Waals surface area contributed by atoms with Crippen molar-refractivity contribution in [3.63, 3.8) is 0 Å². The monoisotopic (exact) mass is 283 g/mol. The van der Waals surface area contributed by atoms with Gasteiger partial charge in [-0.2, -0.15) is 0 Å². The summed E-state index contributed by atoms with van der Waals surface area (Å²) in [6, 6.07) is -0.727. The van der Waals surface area contributed by atoms with E-state index >= 15 is 0 Å². The summed E-state index contributed by atoms with van der Waals surface area (Å²) in [5, 5.41) is 9.15. The first kappa shape index (κ1) is 15.1. The molecular formula is C14H25N3O3. The Morgan fingerprint density at radius 1 is 1.15 bits per heavy atom. The minimum absolute atomic E-state index is 0.0981. The van der Waals surface area contributed by atoms with Crippen LogP contribution in [0.2, 0.25) is 0 Å². The van der Waals surface area contributed by atoms with E-state index in [9.17, 15) is 9.59 Å². The normalized spacial score (nSPS) is 24.4. The largest absolute Gasteiger partial charge is 0.480 e. The molecule has 0 aromatic carbocycles. The number of rotatable bonds is 3. The van der Waals surface area contributed by atoms with E-state index in [0.717, 1.165) is 26.1 Å². The van der Waals surface area contributed by atoms with Crippen molar-refractivity contribution in [3.05, 3.63) is 0 Å². The second kappa shape index (κ2) is 6.43. The van der Waals surface area contributed by atoms with Gasteiger partial charge in [0, 0.05) is 39.3 Å². The fourth-order valence-corrected chi connectivity index (χ4v) is 3.07. The Balaban J connectivity index is 1.87. The molecule has 6 heteroatoms. The van der Waals surface area contributed by atoms with Crippen molar-refractivity contribution >= 4 is 12.0 Å². The molecule has 20 heavy (non-hydrogen) atoms. The van der Waals surface area contributed by atoms with Gasteiger partial charge in [0.2, 0.25) is 0 Å². The zero-order valence-corrected chi connectivity index (χ0v) is 12.4. The predicted molar refractivity (Wildman–Crippen MR) is 75.6 cm³/mol. The van der Waals surface area contributed by atoms with Crippen molar-refractivity contribution in [1.82, 2.24) is 14.7 Å². The van der Waals surface area contributed by atoms with Gasteiger partial charge in [0.1, 0.15) is 6.04 Å². The molecule has 2 aliphatic heterocycles. The van der Waals surface area contributed by atoms with Gasteiger partial charge < -0.3 is 14.9 Å². The maximum Gasteiger partial charge on any atom is 0.326 e. The van der Waals surface area contributed by atoms with Crippen molar-refractivity contribution in [1.29, 1.82) is 0 Å². The Hall–Kier alpha value is -1.30. The molecule has 1 N–H and O–H groups in total. The van der Waals surface area contributed by atoms with Gasteiger partial charge in [-0.15, -0.1) is 0 Å². The molecule has 114 valence electrons. The minimum atomic E-state index is -0.880. The number of amides is 2. The summed E-state index contributed by atoms with van der Waals surface area (Å²) in [7, 11) is 0. The third-order valence-electron chi connectivity index (χ3n) is 4.05. The molecule has 2 amide bonds. The molecule has 0 aromatic rings. The number of aliphatic carboxylic acids is 1. The van der Waals surface area contributed by atoms with Crippen LogP contribution in [0.25, 0.3) is 0 Å². The number of likely N-dealkylation sites (tertiary alicyclic amines) is 1. The van der Waals surface area contributed by atoms with Crippen LogP contribution in [-0.4, -0.2) is 77.1 Å². The van der Waals surface area contributed by atoms with Crippen LogP contribution in [0, 0.1) is 5.92 Å². The van der Waals surface area contributed by atoms with Crippen LogP contribution in [0.3, 0.4) is 0 Å². The average Bonchev–Trinajstić information content (AvgIpc) is 2.87. The van der Waals surface area contributed by atoms with Crippen molar-refractivity contribution in [2.75, 3.05) is 39.3 Å². The number of piperazine rings is 1. The SMILES string of the molecule is CC(C)CN1CCN(C(=O)N2CCC[C@H]2C(=O)O)CC1. The number of carbonyl (C=O) groups excluding carboxylic acids is 1. The van der Waals surface area contributed by atoms with Gasteiger partial charge in [0.25, 0.3) is 0 Å². The molecule has 1 atom stereocenters. The van der Waals surface area contributed by atoms with Crippen LogP contribution >= 0.6 is 0 Å². The highest BCUT2D eigenvalue weighted by atomic mass is 16.4. The second-order valence-electron chi connectivity index (χ2n) is 6.15. The van der Waals surface area contributed by atoms with E-state index in [1.54, 1.807) is 4.90 Å². The number of urea groups is 1. The summed E-state index contributed by atoms with van der Waals surface area (Å²) < 4.78 is 0. The van der Waals surface area contributed by atoms with Gasteiger partial charge in [-0.05, 0) is 18.8 Å². The molecule has 2 heterocycles. The molecule has 0 unspecified atom stereocenters. The van der Waals surface area contributed by atoms with Crippen LogP contribution in [0.1, 0.15) is 26.7 Å². The third-order valence-corrected chi connectivity index (χ3v) is 4.05. The molecule has 2 rings (SSSR count). The first-order valence-electron chi connectivity index (χ1n) is 7.49. The average molecular weight is 283 g/mol. The molecule has 2 saturated heterocycles. The van der Waals surface area contributed by atoms with E-state index in [4.69, 9.17) is 5.11 Å². The van der Waals surface area contributed by atoms with E-state index in [1.165, 1.54) is 4.90 Å². The number of carboxylic acid groups (broad SMARTS) is 1. The predicted octanol–water partition coefficient (Wildman–Crippen LogP) is 0.929. The number of nitrogens with zero attached hydrogens (tertiary/aromatic N) is 3. The summed E-state index contributed by atoms with van der Waals surface area (Å²) in [6.45, 7) is 9.19. The molecular weight excluding hydrogens is 258 g/mol. The minimum Gasteiger partial charge on any atom is -0.480 e. The highest BCUT2D eigenvalue weighted by molar-refractivity contribution is 5.83. The zero-order chi connectivity index (χ0) is 14.7. The Morgan fingerprint density at radius 3 is 2.35 bits per heavy atom. The summed E-state index contributed by atoms with van der Waals surface area (Å²) in [5.74, 6) is -0.249. The third kappa shape index (κ3) is 3.42. The van der Waals surface area contributed by atoms with Crippen LogP contribution in [0.15, 0.2) is 0 Å². The molecule has 6 nitrogen and oxygen atoms in total. The van der Waals surface area contributed by atoms with E-state index in [2.05, 4.69) is 18.7 Å². The van der Waals surface area contributed by atoms with E-state index < -0.39 is 12.0 Å². The molecule has 0 spiro atoms. The van der Waals surface area contributed by atoms with E-state index in [0.29, 0.717) is 32.0 Å². The molecule has 0 radical (unpaired) electrons. The Labute approximate surface area is 120 Å². The molecule has 0 saturated carbocycles. The second-order valence-corrected chi connectivity index (χ2v) is 6.15. The quantitative estimate of drug-likeness (QED) is 0.837. The standard InChI is InChI=1S/C14H25N3O3/c1-11(2)10-15-6-8-16(9-7-15)14(20)17-5-3-4-12(17)13(18)19/h11-12H,3-10H2,1-2H3,(H,18,19)/t12-/m0/s1. The highest BCUT2D eigenvalue weighted by Gasteiger charge is 2.36. The number of carbonyl (C=O) groups is 2. The summed E-state index contributed by atoms with van der Waals surface area (Å²) in [5.41, 5.74) is 0. The Morgan fingerprint density at radius 2 is 1.80 bits per heavy atom. The van der Waals surface area contributed by atoms with Crippen molar-refractivity contribution < 1.29 is 14.7 Å². The van der Waals surface area contributed by atoms with Gasteiger partial charge in [-0.1, -0.05) is 13.8 Å². The lowest BCUT2D eigenvalue weighted by atomic mass is 10.2. The van der Waals surface area contributed by atoms with E-state index in [-0.39, 0.29) is 6.03 Å². The molecule has 0 aromatic heterocycles. The maximum atomic E-state index is 12.4. The van der Waals surface area contributed by atoms with Gasteiger partial charge in [0.05, 0.1) is 0 Å². The smallest absolute Gasteiger partial charge is 0.326 e. The highest BCUT2D eigenvalue weighted by Crippen LogP contribution is 2.20. The van der Waals surface area contributed by atoms with Gasteiger partial charge in [0.15, 0.2) is 0 Å². The van der Waals surface area contributed by atoms with Crippen LogP contribution < -0.4 is 0 Å². The van der Waals surface area contributed by atoms with Crippen molar-refractivity contribution in [3.8, 4) is 0 Å². The van der Waals surface area contributed by atoms with Crippen molar-refractivity contribution in [2.45, 2.75) is 32.7 Å². The topological polar surface area (TPSA) is 64.1 Å². The number of carboxylic acids is 1.